The highest BCUT2D eigenvalue weighted by atomic mass is 35.5. The highest BCUT2D eigenvalue weighted by molar-refractivity contribution is 6.34. The number of hydrogen-bond acceptors (Lipinski definition) is 2. The lowest BCUT2D eigenvalue weighted by molar-refractivity contribution is -0.104. The van der Waals surface area contributed by atoms with E-state index in [0.717, 1.165) is 0 Å². The van der Waals surface area contributed by atoms with Gasteiger partial charge >= 0.3 is 0 Å². The Kier molecular flexibility index (Phi) is 4.83. The summed E-state index contributed by atoms with van der Waals surface area (Å²) in [6.45, 7) is 3.25. The summed E-state index contributed by atoms with van der Waals surface area (Å²) in [6.07, 6.45) is 2.26. The third kappa shape index (κ3) is 2.87. The molecule has 0 spiro atoms. The first kappa shape index (κ1) is 10.4. The lowest BCUT2D eigenvalue weighted by Gasteiger charge is -2.00. The Hall–Kier alpha value is -0.600. The molecule has 62 valence electrons. The summed E-state index contributed by atoms with van der Waals surface area (Å²) in [5.74, 6) is 0. The zero-order chi connectivity index (χ0) is 8.85. The largest absolute Gasteiger partial charge is 0.392 e. The third-order valence-electron chi connectivity index (χ3n) is 1.33. The number of aliphatic hydroxyl groups is 1. The summed E-state index contributed by atoms with van der Waals surface area (Å²) < 4.78 is 0. The Morgan fingerprint density at radius 3 is 2.45 bits per heavy atom. The highest BCUT2D eigenvalue weighted by Crippen LogP contribution is 2.15. The van der Waals surface area contributed by atoms with Crippen molar-refractivity contribution in [2.24, 2.45) is 0 Å². The van der Waals surface area contributed by atoms with Crippen LogP contribution in [0.4, 0.5) is 0 Å². The first-order valence-corrected chi connectivity index (χ1v) is 3.63. The predicted molar refractivity (Wildman–Crippen MR) is 45.5 cm³/mol. The lowest BCUT2D eigenvalue weighted by Crippen LogP contribution is -1.94. The number of aldehydes is 1. The molecule has 0 amide bonds. The maximum absolute atomic E-state index is 10.4. The molecule has 0 heterocycles. The molecular formula is C8H11ClO2. The van der Waals surface area contributed by atoms with Gasteiger partial charge in [-0.1, -0.05) is 17.7 Å². The first-order valence-electron chi connectivity index (χ1n) is 3.25. The van der Waals surface area contributed by atoms with Crippen LogP contribution in [0, 0.1) is 0 Å². The molecule has 0 aliphatic carbocycles. The van der Waals surface area contributed by atoms with E-state index in [-0.39, 0.29) is 6.61 Å². The Labute approximate surface area is 71.2 Å². The molecule has 0 atom stereocenters. The van der Waals surface area contributed by atoms with Crippen LogP contribution < -0.4 is 0 Å². The molecule has 0 aromatic rings. The van der Waals surface area contributed by atoms with Crippen molar-refractivity contribution >= 4 is 17.9 Å². The summed E-state index contributed by atoms with van der Waals surface area (Å²) in [5.41, 5.74) is 0.958. The van der Waals surface area contributed by atoms with Crippen molar-refractivity contribution in [3.8, 4) is 0 Å². The molecule has 3 heteroatoms. The number of carbonyl (C=O) groups is 1. The van der Waals surface area contributed by atoms with Gasteiger partial charge in [0.25, 0.3) is 0 Å². The van der Waals surface area contributed by atoms with Gasteiger partial charge in [0.2, 0.25) is 0 Å². The van der Waals surface area contributed by atoms with Crippen molar-refractivity contribution in [2.75, 3.05) is 6.61 Å². The van der Waals surface area contributed by atoms with Gasteiger partial charge in [-0.2, -0.15) is 0 Å². The standard InChI is InChI=1S/C8H11ClO2/c1-3-8(9)7(5-11)6(2)4-10/h3,5,10H,4H2,1-2H3/b7-6-,8-3-. The Morgan fingerprint density at radius 2 is 2.18 bits per heavy atom. The molecular weight excluding hydrogens is 164 g/mol. The number of aliphatic hydroxyl groups excluding tert-OH is 1. The molecule has 0 saturated carbocycles. The Bertz CT molecular complexity index is 204. The number of halogens is 1. The normalized spacial score (nSPS) is 14.4. The predicted octanol–water partition coefficient (Wildman–Crippen LogP) is 1.64. The zero-order valence-electron chi connectivity index (χ0n) is 6.60. The van der Waals surface area contributed by atoms with Gasteiger partial charge in [-0.05, 0) is 19.4 Å². The summed E-state index contributed by atoms with van der Waals surface area (Å²) in [6, 6.07) is 0. The van der Waals surface area contributed by atoms with Crippen LogP contribution in [0.15, 0.2) is 22.3 Å². The van der Waals surface area contributed by atoms with Crippen LogP contribution in [0.3, 0.4) is 0 Å². The van der Waals surface area contributed by atoms with E-state index in [1.54, 1.807) is 19.9 Å². The maximum atomic E-state index is 10.4. The lowest BCUT2D eigenvalue weighted by atomic mass is 10.1. The van der Waals surface area contributed by atoms with Gasteiger partial charge in [0.15, 0.2) is 6.29 Å². The molecule has 0 aliphatic heterocycles. The van der Waals surface area contributed by atoms with Gasteiger partial charge in [-0.3, -0.25) is 4.79 Å². The van der Waals surface area contributed by atoms with Gasteiger partial charge in [0, 0.05) is 10.6 Å². The molecule has 1 N–H and O–H groups in total. The number of hydrogen-bond donors (Lipinski definition) is 1. The van der Waals surface area contributed by atoms with Crippen molar-refractivity contribution in [2.45, 2.75) is 13.8 Å². The molecule has 11 heavy (non-hydrogen) atoms. The fourth-order valence-electron chi connectivity index (χ4n) is 0.601. The van der Waals surface area contributed by atoms with Crippen LogP contribution >= 0.6 is 11.6 Å². The summed E-state index contributed by atoms with van der Waals surface area (Å²) in [5, 5.41) is 9.06. The van der Waals surface area contributed by atoms with Crippen LogP contribution in [0.2, 0.25) is 0 Å². The minimum absolute atomic E-state index is 0.141. The molecule has 0 aliphatic rings. The molecule has 0 bridgehead atoms. The van der Waals surface area contributed by atoms with E-state index in [2.05, 4.69) is 0 Å². The van der Waals surface area contributed by atoms with E-state index in [1.807, 2.05) is 0 Å². The van der Waals surface area contributed by atoms with Gasteiger partial charge < -0.3 is 5.11 Å². The van der Waals surface area contributed by atoms with Crippen molar-refractivity contribution < 1.29 is 9.90 Å². The van der Waals surface area contributed by atoms with Crippen LogP contribution in [0.1, 0.15) is 13.8 Å². The monoisotopic (exact) mass is 174 g/mol. The number of carbonyl (C=O) groups excluding carboxylic acids is 1. The van der Waals surface area contributed by atoms with E-state index >= 15 is 0 Å². The Balaban J connectivity index is 4.80. The maximum Gasteiger partial charge on any atom is 0.151 e. The van der Waals surface area contributed by atoms with Crippen LogP contribution in [-0.4, -0.2) is 18.0 Å². The molecule has 0 fully saturated rings. The topological polar surface area (TPSA) is 37.3 Å². The van der Waals surface area contributed by atoms with Crippen LogP contribution in [0.25, 0.3) is 0 Å². The molecule has 0 saturated heterocycles. The van der Waals surface area contributed by atoms with Crippen molar-refractivity contribution in [3.05, 3.63) is 22.3 Å². The van der Waals surface area contributed by atoms with E-state index in [0.29, 0.717) is 22.5 Å². The van der Waals surface area contributed by atoms with Crippen LogP contribution in [0.5, 0.6) is 0 Å². The molecule has 2 nitrogen and oxygen atoms in total. The van der Waals surface area contributed by atoms with Gasteiger partial charge in [0.1, 0.15) is 0 Å². The number of rotatable bonds is 3. The molecule has 0 rings (SSSR count). The zero-order valence-corrected chi connectivity index (χ0v) is 7.35. The highest BCUT2D eigenvalue weighted by Gasteiger charge is 2.03. The van der Waals surface area contributed by atoms with Crippen molar-refractivity contribution in [3.63, 3.8) is 0 Å². The minimum atomic E-state index is -0.141. The first-order chi connectivity index (χ1) is 5.17. The van der Waals surface area contributed by atoms with Crippen molar-refractivity contribution in [1.82, 2.24) is 0 Å². The summed E-state index contributed by atoms with van der Waals surface area (Å²) in [4.78, 5) is 10.4. The Morgan fingerprint density at radius 1 is 1.64 bits per heavy atom. The molecule has 0 radical (unpaired) electrons. The second-order valence-electron chi connectivity index (χ2n) is 2.11. The van der Waals surface area contributed by atoms with Gasteiger partial charge in [0.05, 0.1) is 6.61 Å². The molecule has 0 unspecified atom stereocenters. The average Bonchev–Trinajstić information content (AvgIpc) is 2.05. The quantitative estimate of drug-likeness (QED) is 0.401. The van der Waals surface area contributed by atoms with E-state index in [9.17, 15) is 4.79 Å². The molecule has 0 aromatic heterocycles. The fraction of sp³-hybridized carbons (Fsp3) is 0.375. The second-order valence-corrected chi connectivity index (χ2v) is 2.51. The van der Waals surface area contributed by atoms with Crippen molar-refractivity contribution in [1.29, 1.82) is 0 Å². The van der Waals surface area contributed by atoms with Gasteiger partial charge in [-0.15, -0.1) is 0 Å². The summed E-state index contributed by atoms with van der Waals surface area (Å²) in [7, 11) is 0. The summed E-state index contributed by atoms with van der Waals surface area (Å²) >= 11 is 5.67. The second kappa shape index (κ2) is 5.10. The van der Waals surface area contributed by atoms with E-state index < -0.39 is 0 Å². The smallest absolute Gasteiger partial charge is 0.151 e. The average molecular weight is 175 g/mol. The minimum Gasteiger partial charge on any atom is -0.392 e. The SMILES string of the molecule is C/C=C(Cl)/C(C=O)=C(/C)CO. The van der Waals surface area contributed by atoms with E-state index in [4.69, 9.17) is 16.7 Å². The van der Waals surface area contributed by atoms with E-state index in [1.165, 1.54) is 0 Å². The van der Waals surface area contributed by atoms with Gasteiger partial charge in [-0.25, -0.2) is 0 Å². The third-order valence-corrected chi connectivity index (χ3v) is 1.75. The number of allylic oxidation sites excluding steroid dienone is 3. The fourth-order valence-corrected chi connectivity index (χ4v) is 0.807. The molecule has 0 aromatic carbocycles. The van der Waals surface area contributed by atoms with Crippen LogP contribution in [-0.2, 0) is 4.79 Å².